The molecule has 2 aromatic carbocycles. The van der Waals surface area contributed by atoms with Crippen molar-refractivity contribution < 1.29 is 22.7 Å². The molecule has 0 spiro atoms. The second-order valence-corrected chi connectivity index (χ2v) is 11.5. The van der Waals surface area contributed by atoms with Crippen LogP contribution in [0, 0.1) is 0 Å². The van der Waals surface area contributed by atoms with E-state index in [9.17, 15) is 18.0 Å². The minimum atomic E-state index is -3.67. The Balaban J connectivity index is 1.48. The van der Waals surface area contributed by atoms with Gasteiger partial charge in [0.2, 0.25) is 10.0 Å². The van der Waals surface area contributed by atoms with Gasteiger partial charge in [-0.25, -0.2) is 13.8 Å². The molecular weight excluding hydrogens is 492 g/mol. The molecule has 200 valence electrons. The average molecular weight is 529 g/mol. The number of rotatable bonds is 11. The van der Waals surface area contributed by atoms with Crippen LogP contribution < -0.4 is 19.8 Å². The third-order valence-corrected chi connectivity index (χ3v) is 7.30. The summed E-state index contributed by atoms with van der Waals surface area (Å²) in [6, 6.07) is 14.2. The van der Waals surface area contributed by atoms with E-state index in [0.717, 1.165) is 41.8 Å². The topological polar surface area (TPSA) is 117 Å². The molecule has 0 atom stereocenters. The first kappa shape index (κ1) is 28.2. The maximum absolute atomic E-state index is 12.4. The minimum Gasteiger partial charge on any atom is -0.484 e. The Labute approximate surface area is 219 Å². The molecule has 0 unspecified atom stereocenters. The van der Waals surface area contributed by atoms with Crippen LogP contribution in [0.15, 0.2) is 53.6 Å². The summed E-state index contributed by atoms with van der Waals surface area (Å²) in [7, 11) is -3.67. The summed E-state index contributed by atoms with van der Waals surface area (Å²) in [5.74, 6) is 0.162. The van der Waals surface area contributed by atoms with Gasteiger partial charge in [-0.3, -0.25) is 13.9 Å². The number of nitrogens with zero attached hydrogens (tertiary/aromatic N) is 2. The van der Waals surface area contributed by atoms with Crippen molar-refractivity contribution >= 4 is 33.7 Å². The highest BCUT2D eigenvalue weighted by Crippen LogP contribution is 2.22. The summed E-state index contributed by atoms with van der Waals surface area (Å²) in [6.07, 6.45) is 8.08. The number of hydrogen-bond donors (Lipinski definition) is 2. The van der Waals surface area contributed by atoms with Crippen molar-refractivity contribution in [3.8, 4) is 5.75 Å². The van der Waals surface area contributed by atoms with Crippen molar-refractivity contribution in [1.82, 2.24) is 10.7 Å². The zero-order valence-electron chi connectivity index (χ0n) is 21.6. The SMILES string of the molecule is CC(C)c1ccc(N(CC(=O)N/N=C\c2ccc(OCC(=O)NC3CCCCC3)cc2)S(C)(=O)=O)cc1. The van der Waals surface area contributed by atoms with Crippen LogP contribution in [0.25, 0.3) is 0 Å². The third-order valence-electron chi connectivity index (χ3n) is 6.16. The van der Waals surface area contributed by atoms with Gasteiger partial charge in [-0.1, -0.05) is 45.2 Å². The molecule has 9 nitrogen and oxygen atoms in total. The maximum atomic E-state index is 12.4. The second-order valence-electron chi connectivity index (χ2n) is 9.57. The number of carbonyl (C=O) groups is 2. The standard InChI is InChI=1S/C27H36N4O5S/c1-20(2)22-11-13-24(14-12-22)31(37(3,34)35)18-26(32)30-28-17-21-9-15-25(16-10-21)36-19-27(33)29-23-7-5-4-6-8-23/h9-17,20,23H,4-8,18-19H2,1-3H3,(H,29,33)(H,30,32)/b28-17-. The lowest BCUT2D eigenvalue weighted by Crippen LogP contribution is -2.39. The summed E-state index contributed by atoms with van der Waals surface area (Å²) in [5, 5.41) is 6.94. The molecule has 37 heavy (non-hydrogen) atoms. The Morgan fingerprint density at radius 3 is 2.27 bits per heavy atom. The van der Waals surface area contributed by atoms with E-state index in [1.165, 1.54) is 12.6 Å². The summed E-state index contributed by atoms with van der Waals surface area (Å²) < 4.78 is 31.2. The highest BCUT2D eigenvalue weighted by Gasteiger charge is 2.21. The number of sulfonamides is 1. The van der Waals surface area contributed by atoms with Crippen LogP contribution in [-0.2, 0) is 19.6 Å². The van der Waals surface area contributed by atoms with Gasteiger partial charge in [-0.15, -0.1) is 0 Å². The van der Waals surface area contributed by atoms with Crippen LogP contribution in [0.4, 0.5) is 5.69 Å². The first-order chi connectivity index (χ1) is 17.6. The fraction of sp³-hybridized carbons (Fsp3) is 0.444. The van der Waals surface area contributed by atoms with Gasteiger partial charge in [0.15, 0.2) is 6.61 Å². The molecule has 2 N–H and O–H groups in total. The second kappa shape index (κ2) is 13.2. The summed E-state index contributed by atoms with van der Waals surface area (Å²) in [4.78, 5) is 24.5. The predicted octanol–water partition coefficient (Wildman–Crippen LogP) is 3.55. The lowest BCUT2D eigenvalue weighted by Gasteiger charge is -2.22. The largest absolute Gasteiger partial charge is 0.484 e. The van der Waals surface area contributed by atoms with Gasteiger partial charge in [0.25, 0.3) is 11.8 Å². The van der Waals surface area contributed by atoms with Gasteiger partial charge < -0.3 is 10.1 Å². The average Bonchev–Trinajstić information content (AvgIpc) is 2.87. The highest BCUT2D eigenvalue weighted by atomic mass is 32.2. The van der Waals surface area contributed by atoms with E-state index >= 15 is 0 Å². The Morgan fingerprint density at radius 1 is 1.03 bits per heavy atom. The molecule has 2 aromatic rings. The van der Waals surface area contributed by atoms with Gasteiger partial charge in [0, 0.05) is 6.04 Å². The monoisotopic (exact) mass is 528 g/mol. The fourth-order valence-electron chi connectivity index (χ4n) is 4.09. The van der Waals surface area contributed by atoms with E-state index in [0.29, 0.717) is 22.9 Å². The van der Waals surface area contributed by atoms with Gasteiger partial charge in [-0.05, 0) is 66.3 Å². The zero-order chi connectivity index (χ0) is 26.8. The number of ether oxygens (including phenoxy) is 1. The molecule has 1 aliphatic rings. The molecule has 0 aromatic heterocycles. The van der Waals surface area contributed by atoms with Crippen molar-refractivity contribution in [2.24, 2.45) is 5.10 Å². The molecule has 1 aliphatic carbocycles. The molecule has 10 heteroatoms. The number of benzene rings is 2. The molecule has 2 amide bonds. The fourth-order valence-corrected chi connectivity index (χ4v) is 4.94. The van der Waals surface area contributed by atoms with Crippen molar-refractivity contribution in [3.63, 3.8) is 0 Å². The normalized spacial score (nSPS) is 14.5. The molecule has 1 fully saturated rings. The molecule has 0 aliphatic heterocycles. The smallest absolute Gasteiger partial charge is 0.260 e. The van der Waals surface area contributed by atoms with E-state index in [4.69, 9.17) is 4.74 Å². The Kier molecular flexibility index (Phi) is 10.1. The molecule has 0 saturated heterocycles. The number of hydrogen-bond acceptors (Lipinski definition) is 6. The van der Waals surface area contributed by atoms with Crippen molar-refractivity contribution in [3.05, 3.63) is 59.7 Å². The summed E-state index contributed by atoms with van der Waals surface area (Å²) in [5.41, 5.74) is 4.55. The van der Waals surface area contributed by atoms with Gasteiger partial charge in [0.1, 0.15) is 12.3 Å². The number of carbonyl (C=O) groups excluding carboxylic acids is 2. The number of nitrogens with one attached hydrogen (secondary N) is 2. The quantitative estimate of drug-likeness (QED) is 0.342. The first-order valence-corrected chi connectivity index (χ1v) is 14.4. The molecule has 0 bridgehead atoms. The first-order valence-electron chi connectivity index (χ1n) is 12.5. The van der Waals surface area contributed by atoms with E-state index in [1.54, 1.807) is 36.4 Å². The Hall–Kier alpha value is -3.40. The number of amides is 2. The lowest BCUT2D eigenvalue weighted by molar-refractivity contribution is -0.124. The van der Waals surface area contributed by atoms with Crippen LogP contribution in [0.5, 0.6) is 5.75 Å². The minimum absolute atomic E-state index is 0.0446. The Bertz CT molecular complexity index is 1170. The summed E-state index contributed by atoms with van der Waals surface area (Å²) in [6.45, 7) is 3.66. The number of hydrazone groups is 1. The van der Waals surface area contributed by atoms with Gasteiger partial charge in [0.05, 0.1) is 18.2 Å². The maximum Gasteiger partial charge on any atom is 0.260 e. The number of anilines is 1. The van der Waals surface area contributed by atoms with Gasteiger partial charge in [-0.2, -0.15) is 5.10 Å². The van der Waals surface area contributed by atoms with E-state index < -0.39 is 22.5 Å². The molecule has 1 saturated carbocycles. The van der Waals surface area contributed by atoms with E-state index in [-0.39, 0.29) is 18.6 Å². The van der Waals surface area contributed by atoms with Crippen molar-refractivity contribution in [2.45, 2.75) is 57.9 Å². The van der Waals surface area contributed by atoms with Crippen LogP contribution in [0.3, 0.4) is 0 Å². The van der Waals surface area contributed by atoms with Crippen molar-refractivity contribution in [2.75, 3.05) is 23.7 Å². The van der Waals surface area contributed by atoms with Crippen LogP contribution >= 0.6 is 0 Å². The molecule has 3 rings (SSSR count). The van der Waals surface area contributed by atoms with Crippen molar-refractivity contribution in [1.29, 1.82) is 0 Å². The zero-order valence-corrected chi connectivity index (χ0v) is 22.5. The van der Waals surface area contributed by atoms with Crippen LogP contribution in [0.2, 0.25) is 0 Å². The van der Waals surface area contributed by atoms with Crippen LogP contribution in [-0.4, -0.2) is 51.9 Å². The van der Waals surface area contributed by atoms with Crippen LogP contribution in [0.1, 0.15) is 63.0 Å². The lowest BCUT2D eigenvalue weighted by atomic mass is 9.95. The van der Waals surface area contributed by atoms with E-state index in [1.807, 2.05) is 26.0 Å². The summed E-state index contributed by atoms with van der Waals surface area (Å²) >= 11 is 0. The third kappa shape index (κ3) is 9.20. The molecular formula is C27H36N4O5S. The van der Waals surface area contributed by atoms with Gasteiger partial charge >= 0.3 is 0 Å². The Morgan fingerprint density at radius 2 is 1.68 bits per heavy atom. The molecule has 0 radical (unpaired) electrons. The molecule has 0 heterocycles. The van der Waals surface area contributed by atoms with E-state index in [2.05, 4.69) is 15.8 Å². The predicted molar refractivity (Wildman–Crippen MR) is 145 cm³/mol. The highest BCUT2D eigenvalue weighted by molar-refractivity contribution is 7.92.